The van der Waals surface area contributed by atoms with Crippen molar-refractivity contribution < 1.29 is 4.79 Å². The van der Waals surface area contributed by atoms with Crippen LogP contribution in [0.25, 0.3) is 5.57 Å². The van der Waals surface area contributed by atoms with Crippen molar-refractivity contribution >= 4 is 23.1 Å². The van der Waals surface area contributed by atoms with Crippen molar-refractivity contribution in [3.8, 4) is 0 Å². The van der Waals surface area contributed by atoms with Gasteiger partial charge < -0.3 is 16.0 Å². The molecule has 29 heavy (non-hydrogen) atoms. The number of hydrogen-bond donors (Lipinski definition) is 3. The highest BCUT2D eigenvalue weighted by Crippen LogP contribution is 2.27. The Hall–Kier alpha value is -3.39. The molecule has 2 aromatic rings. The molecule has 0 atom stereocenters. The van der Waals surface area contributed by atoms with Gasteiger partial charge in [0.15, 0.2) is 0 Å². The number of pyridine rings is 1. The lowest BCUT2D eigenvalue weighted by Gasteiger charge is -2.31. The predicted octanol–water partition coefficient (Wildman–Crippen LogP) is 2.16. The lowest BCUT2D eigenvalue weighted by Crippen LogP contribution is -2.43. The number of hydrazone groups is 1. The second kappa shape index (κ2) is 8.74. The number of aromatic nitrogens is 1. The van der Waals surface area contributed by atoms with Crippen LogP contribution in [-0.4, -0.2) is 47.0 Å². The Morgan fingerprint density at radius 3 is 2.62 bits per heavy atom. The quantitative estimate of drug-likeness (QED) is 0.318. The summed E-state index contributed by atoms with van der Waals surface area (Å²) in [6, 6.07) is 9.65. The zero-order valence-electron chi connectivity index (χ0n) is 17.0. The summed E-state index contributed by atoms with van der Waals surface area (Å²) in [6.07, 6.45) is 4.15. The zero-order valence-corrected chi connectivity index (χ0v) is 17.0. The van der Waals surface area contributed by atoms with Crippen LogP contribution in [0.15, 0.2) is 53.4 Å². The minimum atomic E-state index is -0.169. The maximum absolute atomic E-state index is 12.5. The summed E-state index contributed by atoms with van der Waals surface area (Å²) in [4.78, 5) is 18.5. The lowest BCUT2D eigenvalue weighted by molar-refractivity contribution is 0.102. The van der Waals surface area contributed by atoms with E-state index in [4.69, 9.17) is 11.6 Å². The molecule has 0 spiro atoms. The molecule has 0 saturated heterocycles. The van der Waals surface area contributed by atoms with Gasteiger partial charge in [-0.1, -0.05) is 17.7 Å². The van der Waals surface area contributed by atoms with Gasteiger partial charge in [0.2, 0.25) is 5.96 Å². The van der Waals surface area contributed by atoms with Gasteiger partial charge in [-0.05, 0) is 55.2 Å². The Bertz CT molecular complexity index is 948. The number of guanidine groups is 1. The average molecular weight is 393 g/mol. The van der Waals surface area contributed by atoms with Crippen molar-refractivity contribution in [2.75, 3.05) is 25.5 Å². The van der Waals surface area contributed by atoms with Crippen molar-refractivity contribution in [3.05, 3.63) is 65.0 Å². The number of nitrogens with two attached hydrogens (primary N) is 2. The molecule has 2 heterocycles. The van der Waals surface area contributed by atoms with Crippen molar-refractivity contribution in [3.63, 3.8) is 0 Å². The van der Waals surface area contributed by atoms with Crippen molar-refractivity contribution in [1.29, 1.82) is 0 Å². The molecule has 0 fully saturated rings. The topological polar surface area (TPSA) is 113 Å². The highest BCUT2D eigenvalue weighted by Gasteiger charge is 2.20. The summed E-state index contributed by atoms with van der Waals surface area (Å²) >= 11 is 0. The van der Waals surface area contributed by atoms with Gasteiger partial charge in [0.25, 0.3) is 5.91 Å². The van der Waals surface area contributed by atoms with Crippen LogP contribution < -0.4 is 16.9 Å². The van der Waals surface area contributed by atoms with E-state index in [1.807, 2.05) is 42.2 Å². The van der Waals surface area contributed by atoms with Crippen molar-refractivity contribution in [1.82, 2.24) is 15.0 Å². The van der Waals surface area contributed by atoms with Crippen LogP contribution in [0, 0.1) is 6.92 Å². The Kier molecular flexibility index (Phi) is 6.13. The second-order valence-electron chi connectivity index (χ2n) is 7.18. The fraction of sp³-hybridized carbons (Fsp3) is 0.286. The van der Waals surface area contributed by atoms with E-state index >= 15 is 0 Å². The number of anilines is 1. The van der Waals surface area contributed by atoms with Crippen LogP contribution >= 0.6 is 0 Å². The summed E-state index contributed by atoms with van der Waals surface area (Å²) in [7, 11) is 1.64. The zero-order chi connectivity index (χ0) is 21.0. The first kappa shape index (κ1) is 20.3. The van der Waals surface area contributed by atoms with Gasteiger partial charge in [0.05, 0.1) is 5.56 Å². The van der Waals surface area contributed by atoms with Crippen LogP contribution in [0.2, 0.25) is 0 Å². The summed E-state index contributed by atoms with van der Waals surface area (Å²) < 4.78 is 0. The highest BCUT2D eigenvalue weighted by atomic mass is 16.1. The van der Waals surface area contributed by atoms with Gasteiger partial charge in [-0.3, -0.25) is 9.78 Å². The third-order valence-corrected chi connectivity index (χ3v) is 4.98. The molecule has 8 nitrogen and oxygen atoms in total. The van der Waals surface area contributed by atoms with E-state index in [1.165, 1.54) is 16.3 Å². The standard InChI is InChI=1S/C21H27N7O/c1-14-8-10-24-12-18(14)20(29)25-17-6-4-16(5-7-17)19-13-28(11-9-15(19)2)21(22)26-27(3)23/h4-8,10,12H,9,11,13,23H2,1-3H3,(H2,22,26)(H,25,29). The fourth-order valence-corrected chi connectivity index (χ4v) is 3.27. The van der Waals surface area contributed by atoms with Crippen LogP contribution in [0.1, 0.15) is 34.8 Å². The van der Waals surface area contributed by atoms with E-state index in [1.54, 1.807) is 19.4 Å². The molecule has 0 aliphatic carbocycles. The molecule has 152 valence electrons. The molecule has 1 aliphatic rings. The third-order valence-electron chi connectivity index (χ3n) is 4.98. The average Bonchev–Trinajstić information content (AvgIpc) is 2.69. The molecule has 1 aromatic heterocycles. The first-order valence-electron chi connectivity index (χ1n) is 9.43. The molecule has 8 heteroatoms. The fourth-order valence-electron chi connectivity index (χ4n) is 3.27. The van der Waals surface area contributed by atoms with Crippen LogP contribution in [0.3, 0.4) is 0 Å². The summed E-state index contributed by atoms with van der Waals surface area (Å²) in [6.45, 7) is 5.49. The van der Waals surface area contributed by atoms with Crippen LogP contribution in [0.5, 0.6) is 0 Å². The molecule has 5 N–H and O–H groups in total. The van der Waals surface area contributed by atoms with Gasteiger partial charge >= 0.3 is 0 Å². The van der Waals surface area contributed by atoms with E-state index < -0.39 is 0 Å². The number of rotatable bonds is 4. The number of hydrogen-bond acceptors (Lipinski definition) is 5. The molecule has 1 aliphatic heterocycles. The first-order chi connectivity index (χ1) is 13.8. The number of amides is 1. The molecular formula is C21H27N7O. The van der Waals surface area contributed by atoms with Gasteiger partial charge in [0, 0.05) is 38.2 Å². The molecule has 1 amide bonds. The number of hydrazine groups is 1. The molecule has 0 radical (unpaired) electrons. The minimum Gasteiger partial charge on any atom is -0.368 e. The molecule has 3 rings (SSSR count). The van der Waals surface area contributed by atoms with E-state index in [9.17, 15) is 4.79 Å². The van der Waals surface area contributed by atoms with E-state index in [0.29, 0.717) is 18.1 Å². The van der Waals surface area contributed by atoms with Crippen molar-refractivity contribution in [2.45, 2.75) is 20.3 Å². The number of aryl methyl sites for hydroxylation is 1. The monoisotopic (exact) mass is 393 g/mol. The maximum Gasteiger partial charge on any atom is 0.257 e. The number of carbonyl (C=O) groups is 1. The van der Waals surface area contributed by atoms with Gasteiger partial charge in [-0.2, -0.15) is 0 Å². The van der Waals surface area contributed by atoms with Gasteiger partial charge in [0.1, 0.15) is 0 Å². The number of carbonyl (C=O) groups excluding carboxylic acids is 1. The minimum absolute atomic E-state index is 0.169. The molecule has 1 aromatic carbocycles. The van der Waals surface area contributed by atoms with Gasteiger partial charge in [-0.25, -0.2) is 11.0 Å². The lowest BCUT2D eigenvalue weighted by atomic mass is 9.95. The highest BCUT2D eigenvalue weighted by molar-refractivity contribution is 6.05. The number of nitrogens with one attached hydrogen (secondary N) is 1. The van der Waals surface area contributed by atoms with E-state index in [2.05, 4.69) is 22.3 Å². The second-order valence-corrected chi connectivity index (χ2v) is 7.18. The Morgan fingerprint density at radius 1 is 1.24 bits per heavy atom. The molecule has 0 saturated carbocycles. The smallest absolute Gasteiger partial charge is 0.257 e. The predicted molar refractivity (Wildman–Crippen MR) is 116 cm³/mol. The first-order valence-corrected chi connectivity index (χ1v) is 9.43. The van der Waals surface area contributed by atoms with E-state index in [-0.39, 0.29) is 5.91 Å². The Morgan fingerprint density at radius 2 is 1.97 bits per heavy atom. The summed E-state index contributed by atoms with van der Waals surface area (Å²) in [5, 5.41) is 8.23. The van der Waals surface area contributed by atoms with E-state index in [0.717, 1.165) is 29.8 Å². The van der Waals surface area contributed by atoms with Crippen LogP contribution in [-0.2, 0) is 0 Å². The SMILES string of the molecule is CC1=C(c2ccc(NC(=O)c3cnccc3C)cc2)CN(/C(N)=N/N(C)N)CC1. The summed E-state index contributed by atoms with van der Waals surface area (Å²) in [5.41, 5.74) is 11.9. The third kappa shape index (κ3) is 4.91. The van der Waals surface area contributed by atoms with Gasteiger partial charge in [-0.15, -0.1) is 5.10 Å². The summed E-state index contributed by atoms with van der Waals surface area (Å²) in [5.74, 6) is 5.80. The largest absolute Gasteiger partial charge is 0.368 e. The Balaban J connectivity index is 1.74. The maximum atomic E-state index is 12.5. The Labute approximate surface area is 170 Å². The number of nitrogens with zero attached hydrogens (tertiary/aromatic N) is 4. The van der Waals surface area contributed by atoms with Crippen molar-refractivity contribution in [2.24, 2.45) is 16.7 Å². The molecule has 0 bridgehead atoms. The number of benzene rings is 1. The molecular weight excluding hydrogens is 366 g/mol. The molecule has 0 unspecified atom stereocenters. The van der Waals surface area contributed by atoms with Crippen LogP contribution in [0.4, 0.5) is 5.69 Å². The normalized spacial score (nSPS) is 14.8.